The van der Waals surface area contributed by atoms with E-state index >= 15 is 0 Å². The Morgan fingerprint density at radius 2 is 1.86 bits per heavy atom. The van der Waals surface area contributed by atoms with Gasteiger partial charge in [-0.1, -0.05) is 24.3 Å². The van der Waals surface area contributed by atoms with Crippen molar-refractivity contribution in [1.82, 2.24) is 0 Å². The Hall–Kier alpha value is -3.00. The van der Waals surface area contributed by atoms with Gasteiger partial charge in [0, 0.05) is 24.9 Å². The maximum atomic E-state index is 13.1. The lowest BCUT2D eigenvalue weighted by Crippen LogP contribution is -2.45. The fourth-order valence-electron chi connectivity index (χ4n) is 3.01. The summed E-state index contributed by atoms with van der Waals surface area (Å²) in [6, 6.07) is 10.6. The molecule has 0 radical (unpaired) electrons. The van der Waals surface area contributed by atoms with Gasteiger partial charge in [-0.05, 0) is 36.2 Å². The van der Waals surface area contributed by atoms with Gasteiger partial charge in [-0.2, -0.15) is 13.2 Å². The van der Waals surface area contributed by atoms with Crippen LogP contribution in [0, 0.1) is 0 Å². The standard InChI is InChI=1S/C20H17F3N2O3/c21-20(22,23)13-5-3-6-14(11-13)25-18(27)16-8-2-1-7-15(16)17(19(25)28)12-24-9-4-10-26/h1-3,5-8,11-12,17,26H,4,9-10H2/t17-/m1/s1. The highest BCUT2D eigenvalue weighted by molar-refractivity contribution is 6.29. The van der Waals surface area contributed by atoms with Crippen LogP contribution in [0.1, 0.15) is 33.8 Å². The second-order valence-electron chi connectivity index (χ2n) is 6.22. The Labute approximate surface area is 159 Å². The van der Waals surface area contributed by atoms with Gasteiger partial charge in [0.05, 0.1) is 17.2 Å². The average molecular weight is 390 g/mol. The molecular weight excluding hydrogens is 373 g/mol. The summed E-state index contributed by atoms with van der Waals surface area (Å²) in [5, 5.41) is 8.84. The summed E-state index contributed by atoms with van der Waals surface area (Å²) >= 11 is 0. The number of aliphatic imine (C=N–C) groups is 1. The lowest BCUT2D eigenvalue weighted by Gasteiger charge is -2.31. The summed E-state index contributed by atoms with van der Waals surface area (Å²) in [5.41, 5.74) is -0.405. The number of rotatable bonds is 5. The number of carbonyl (C=O) groups is 2. The molecule has 28 heavy (non-hydrogen) atoms. The fraction of sp³-hybridized carbons (Fsp3) is 0.250. The molecule has 0 spiro atoms. The van der Waals surface area contributed by atoms with Crippen LogP contribution in [0.3, 0.4) is 0 Å². The second kappa shape index (κ2) is 7.93. The maximum Gasteiger partial charge on any atom is 0.416 e. The van der Waals surface area contributed by atoms with Crippen LogP contribution in [-0.4, -0.2) is 36.3 Å². The highest BCUT2D eigenvalue weighted by Gasteiger charge is 2.39. The number of imide groups is 1. The molecule has 1 atom stereocenters. The van der Waals surface area contributed by atoms with Crippen molar-refractivity contribution in [2.75, 3.05) is 18.1 Å². The Kier molecular flexibility index (Phi) is 5.60. The van der Waals surface area contributed by atoms with Crippen LogP contribution >= 0.6 is 0 Å². The number of anilines is 1. The normalized spacial score (nSPS) is 17.3. The van der Waals surface area contributed by atoms with Gasteiger partial charge in [-0.15, -0.1) is 0 Å². The number of benzene rings is 2. The second-order valence-corrected chi connectivity index (χ2v) is 6.22. The molecule has 5 nitrogen and oxygen atoms in total. The van der Waals surface area contributed by atoms with Crippen LogP contribution in [-0.2, 0) is 11.0 Å². The number of amides is 2. The molecule has 146 valence electrons. The summed E-state index contributed by atoms with van der Waals surface area (Å²) in [6.45, 7) is 0.237. The van der Waals surface area contributed by atoms with Crippen LogP contribution in [0.4, 0.5) is 18.9 Å². The van der Waals surface area contributed by atoms with Crippen molar-refractivity contribution in [3.8, 4) is 0 Å². The third-order valence-electron chi connectivity index (χ3n) is 4.35. The molecule has 2 aromatic carbocycles. The van der Waals surface area contributed by atoms with Gasteiger partial charge >= 0.3 is 6.18 Å². The zero-order chi connectivity index (χ0) is 20.3. The molecule has 0 bridgehead atoms. The molecule has 0 aromatic heterocycles. The van der Waals surface area contributed by atoms with E-state index in [1.165, 1.54) is 18.3 Å². The predicted molar refractivity (Wildman–Crippen MR) is 97.5 cm³/mol. The first kappa shape index (κ1) is 19.8. The predicted octanol–water partition coefficient (Wildman–Crippen LogP) is 3.43. The fourth-order valence-corrected chi connectivity index (χ4v) is 3.01. The number of hydrogen-bond donors (Lipinski definition) is 1. The number of halogens is 3. The number of carbonyl (C=O) groups excluding carboxylic acids is 2. The largest absolute Gasteiger partial charge is 0.416 e. The summed E-state index contributed by atoms with van der Waals surface area (Å²) in [5.74, 6) is -2.25. The van der Waals surface area contributed by atoms with Gasteiger partial charge in [0.2, 0.25) is 5.91 Å². The van der Waals surface area contributed by atoms with E-state index in [2.05, 4.69) is 4.99 Å². The molecule has 0 unspecified atom stereocenters. The van der Waals surface area contributed by atoms with E-state index in [0.29, 0.717) is 18.5 Å². The highest BCUT2D eigenvalue weighted by atomic mass is 19.4. The maximum absolute atomic E-state index is 13.1. The minimum Gasteiger partial charge on any atom is -0.396 e. The first-order chi connectivity index (χ1) is 13.3. The molecule has 8 heteroatoms. The topological polar surface area (TPSA) is 70.0 Å². The SMILES string of the molecule is O=C1c2ccccc2[C@@H](C=NCCCO)C(=O)N1c1cccc(C(F)(F)F)c1. The first-order valence-electron chi connectivity index (χ1n) is 8.60. The summed E-state index contributed by atoms with van der Waals surface area (Å²) in [6.07, 6.45) is -2.81. The minimum atomic E-state index is -4.60. The molecule has 3 rings (SSSR count). The van der Waals surface area contributed by atoms with Crippen molar-refractivity contribution in [2.45, 2.75) is 18.5 Å². The first-order valence-corrected chi connectivity index (χ1v) is 8.60. The van der Waals surface area contributed by atoms with Crippen LogP contribution in [0.2, 0.25) is 0 Å². The molecular formula is C20H17F3N2O3. The van der Waals surface area contributed by atoms with E-state index in [-0.39, 0.29) is 17.9 Å². The number of aliphatic hydroxyl groups excluding tert-OH is 1. The molecule has 1 heterocycles. The van der Waals surface area contributed by atoms with Gasteiger partial charge in [-0.25, -0.2) is 4.90 Å². The van der Waals surface area contributed by atoms with Crippen molar-refractivity contribution < 1.29 is 27.9 Å². The van der Waals surface area contributed by atoms with Crippen LogP contribution in [0.5, 0.6) is 0 Å². The van der Waals surface area contributed by atoms with Crippen molar-refractivity contribution >= 4 is 23.7 Å². The molecule has 0 saturated heterocycles. The van der Waals surface area contributed by atoms with E-state index in [4.69, 9.17) is 5.11 Å². The lowest BCUT2D eigenvalue weighted by molar-refractivity contribution is -0.137. The molecule has 0 fully saturated rings. The number of alkyl halides is 3. The van der Waals surface area contributed by atoms with Crippen LogP contribution in [0.15, 0.2) is 53.5 Å². The monoisotopic (exact) mass is 390 g/mol. The number of nitrogens with zero attached hydrogens (tertiary/aromatic N) is 2. The average Bonchev–Trinajstić information content (AvgIpc) is 2.67. The Morgan fingerprint density at radius 3 is 2.57 bits per heavy atom. The zero-order valence-electron chi connectivity index (χ0n) is 14.7. The van der Waals surface area contributed by atoms with E-state index in [1.807, 2.05) is 0 Å². The molecule has 0 aliphatic carbocycles. The Bertz CT molecular complexity index is 925. The molecule has 2 aromatic rings. The third kappa shape index (κ3) is 3.82. The van der Waals surface area contributed by atoms with Crippen molar-refractivity contribution in [1.29, 1.82) is 0 Å². The number of aliphatic hydroxyl groups is 1. The molecule has 1 aliphatic rings. The summed E-state index contributed by atoms with van der Waals surface area (Å²) in [7, 11) is 0. The van der Waals surface area contributed by atoms with Crippen molar-refractivity contribution in [3.63, 3.8) is 0 Å². The van der Waals surface area contributed by atoms with E-state index < -0.39 is 29.5 Å². The van der Waals surface area contributed by atoms with Gasteiger partial charge in [0.15, 0.2) is 0 Å². The quantitative estimate of drug-likeness (QED) is 0.483. The van der Waals surface area contributed by atoms with Crippen LogP contribution < -0.4 is 4.90 Å². The minimum absolute atomic E-state index is 0.0542. The lowest BCUT2D eigenvalue weighted by atomic mass is 9.88. The summed E-state index contributed by atoms with van der Waals surface area (Å²) in [4.78, 5) is 30.7. The van der Waals surface area contributed by atoms with Gasteiger partial charge in [0.25, 0.3) is 5.91 Å². The van der Waals surface area contributed by atoms with Crippen molar-refractivity contribution in [3.05, 3.63) is 65.2 Å². The van der Waals surface area contributed by atoms with E-state index in [9.17, 15) is 22.8 Å². The molecule has 1 N–H and O–H groups in total. The molecule has 1 aliphatic heterocycles. The summed E-state index contributed by atoms with van der Waals surface area (Å²) < 4.78 is 39.2. The third-order valence-corrected chi connectivity index (χ3v) is 4.35. The zero-order valence-corrected chi connectivity index (χ0v) is 14.7. The molecule has 2 amide bonds. The van der Waals surface area contributed by atoms with Gasteiger partial charge in [-0.3, -0.25) is 14.6 Å². The van der Waals surface area contributed by atoms with Crippen molar-refractivity contribution in [2.24, 2.45) is 4.99 Å². The number of fused-ring (bicyclic) bond motifs is 1. The van der Waals surface area contributed by atoms with E-state index in [0.717, 1.165) is 23.1 Å². The van der Waals surface area contributed by atoms with E-state index in [1.54, 1.807) is 18.2 Å². The van der Waals surface area contributed by atoms with Gasteiger partial charge < -0.3 is 5.11 Å². The van der Waals surface area contributed by atoms with Gasteiger partial charge in [0.1, 0.15) is 0 Å². The molecule has 0 saturated carbocycles. The number of hydrogen-bond acceptors (Lipinski definition) is 4. The highest BCUT2D eigenvalue weighted by Crippen LogP contribution is 2.35. The Balaban J connectivity index is 2.05. The van der Waals surface area contributed by atoms with Crippen LogP contribution in [0.25, 0.3) is 0 Å². The smallest absolute Gasteiger partial charge is 0.396 e. The Morgan fingerprint density at radius 1 is 1.11 bits per heavy atom.